The van der Waals surface area contributed by atoms with E-state index in [1.54, 1.807) is 7.11 Å². The number of benzene rings is 2. The van der Waals surface area contributed by atoms with Gasteiger partial charge in [0.2, 0.25) is 0 Å². The summed E-state index contributed by atoms with van der Waals surface area (Å²) in [5.41, 5.74) is 4.72. The van der Waals surface area contributed by atoms with Crippen LogP contribution in [-0.2, 0) is 17.7 Å². The van der Waals surface area contributed by atoms with E-state index >= 15 is 0 Å². The van der Waals surface area contributed by atoms with Gasteiger partial charge < -0.3 is 20.1 Å². The Bertz CT molecular complexity index is 759. The largest absolute Gasteiger partial charge is 0.493 e. The summed E-state index contributed by atoms with van der Waals surface area (Å²) in [6, 6.07) is 14.6. The maximum absolute atomic E-state index is 11.9. The molecule has 0 spiro atoms. The Morgan fingerprint density at radius 1 is 1.19 bits per heavy atom. The third-order valence-electron chi connectivity index (χ3n) is 4.78. The summed E-state index contributed by atoms with van der Waals surface area (Å²) in [6.07, 6.45) is 2.95. The maximum atomic E-state index is 11.9. The molecule has 0 saturated carbocycles. The number of urea groups is 1. The first kappa shape index (κ1) is 19.2. The summed E-state index contributed by atoms with van der Waals surface area (Å²) in [5, 5.41) is 5.81. The monoisotopic (exact) mass is 368 g/mol. The van der Waals surface area contributed by atoms with Crippen molar-refractivity contribution in [1.29, 1.82) is 0 Å². The van der Waals surface area contributed by atoms with Crippen molar-refractivity contribution in [2.45, 2.75) is 38.8 Å². The molecule has 3 rings (SSSR count). The molecule has 5 nitrogen and oxygen atoms in total. The van der Waals surface area contributed by atoms with Gasteiger partial charge in [-0.05, 0) is 60.6 Å². The van der Waals surface area contributed by atoms with E-state index in [4.69, 9.17) is 9.47 Å². The normalized spacial score (nSPS) is 14.0. The van der Waals surface area contributed by atoms with Crippen LogP contribution in [0.5, 0.6) is 5.75 Å². The van der Waals surface area contributed by atoms with Crippen molar-refractivity contribution in [1.82, 2.24) is 10.6 Å². The van der Waals surface area contributed by atoms with Crippen LogP contribution >= 0.6 is 0 Å². The van der Waals surface area contributed by atoms with Crippen molar-refractivity contribution in [3.05, 3.63) is 53.6 Å². The van der Waals surface area contributed by atoms with Crippen LogP contribution in [-0.4, -0.2) is 32.4 Å². The zero-order valence-electron chi connectivity index (χ0n) is 16.1. The standard InChI is InChI=1S/C22H28N2O3/c1-16(11-13-26-2)24-22(25)23-15-17-5-7-18(8-6-17)19-9-10-21-20(14-19)4-3-12-27-21/h5-10,14,16H,3-4,11-13,15H2,1-2H3,(H2,23,24,25). The first-order chi connectivity index (χ1) is 13.2. The van der Waals surface area contributed by atoms with Crippen molar-refractivity contribution in [2.24, 2.45) is 0 Å². The third kappa shape index (κ3) is 5.47. The lowest BCUT2D eigenvalue weighted by molar-refractivity contribution is 0.184. The highest BCUT2D eigenvalue weighted by atomic mass is 16.5. The Labute approximate surface area is 161 Å². The minimum atomic E-state index is -0.155. The van der Waals surface area contributed by atoms with Crippen LogP contribution in [0, 0.1) is 0 Å². The Morgan fingerprint density at radius 2 is 1.96 bits per heavy atom. The summed E-state index contributed by atoms with van der Waals surface area (Å²) >= 11 is 0. The topological polar surface area (TPSA) is 59.6 Å². The molecule has 0 aliphatic carbocycles. The average molecular weight is 368 g/mol. The lowest BCUT2D eigenvalue weighted by atomic mass is 9.98. The zero-order valence-corrected chi connectivity index (χ0v) is 16.1. The SMILES string of the molecule is COCCC(C)NC(=O)NCc1ccc(-c2ccc3c(c2)CCCO3)cc1. The molecule has 1 unspecified atom stereocenters. The minimum absolute atomic E-state index is 0.0836. The van der Waals surface area contributed by atoms with Gasteiger partial charge in [-0.2, -0.15) is 0 Å². The number of hydrogen-bond donors (Lipinski definition) is 2. The molecule has 1 heterocycles. The second kappa shape index (κ2) is 9.42. The zero-order chi connectivity index (χ0) is 19.1. The van der Waals surface area contributed by atoms with Crippen LogP contribution in [0.1, 0.15) is 30.9 Å². The molecular weight excluding hydrogens is 340 g/mol. The molecule has 0 bridgehead atoms. The van der Waals surface area contributed by atoms with E-state index in [0.717, 1.165) is 37.2 Å². The van der Waals surface area contributed by atoms with Crippen molar-refractivity contribution < 1.29 is 14.3 Å². The number of carbonyl (C=O) groups is 1. The first-order valence-corrected chi connectivity index (χ1v) is 9.54. The molecule has 2 amide bonds. The van der Waals surface area contributed by atoms with Crippen molar-refractivity contribution in [3.8, 4) is 16.9 Å². The van der Waals surface area contributed by atoms with Crippen molar-refractivity contribution >= 4 is 6.03 Å². The molecule has 1 atom stereocenters. The predicted molar refractivity (Wildman–Crippen MR) is 107 cm³/mol. The molecule has 2 N–H and O–H groups in total. The van der Waals surface area contributed by atoms with Crippen LogP contribution in [0.25, 0.3) is 11.1 Å². The van der Waals surface area contributed by atoms with E-state index in [2.05, 4.69) is 53.1 Å². The van der Waals surface area contributed by atoms with E-state index in [1.807, 2.05) is 6.92 Å². The summed E-state index contributed by atoms with van der Waals surface area (Å²) in [6.45, 7) is 3.92. The fraction of sp³-hybridized carbons (Fsp3) is 0.409. The van der Waals surface area contributed by atoms with Gasteiger partial charge in [0, 0.05) is 26.3 Å². The molecule has 1 aliphatic heterocycles. The number of rotatable bonds is 7. The molecule has 2 aromatic rings. The van der Waals surface area contributed by atoms with E-state index in [-0.39, 0.29) is 12.1 Å². The Morgan fingerprint density at radius 3 is 2.74 bits per heavy atom. The first-order valence-electron chi connectivity index (χ1n) is 9.54. The highest BCUT2D eigenvalue weighted by Gasteiger charge is 2.11. The van der Waals surface area contributed by atoms with Crippen molar-refractivity contribution in [2.75, 3.05) is 20.3 Å². The lowest BCUT2D eigenvalue weighted by Crippen LogP contribution is -2.40. The van der Waals surface area contributed by atoms with E-state index in [0.29, 0.717) is 13.2 Å². The number of aryl methyl sites for hydroxylation is 1. The molecule has 27 heavy (non-hydrogen) atoms. The van der Waals surface area contributed by atoms with Crippen LogP contribution < -0.4 is 15.4 Å². The van der Waals surface area contributed by atoms with Crippen molar-refractivity contribution in [3.63, 3.8) is 0 Å². The van der Waals surface area contributed by atoms with Gasteiger partial charge in [0.25, 0.3) is 0 Å². The molecule has 1 aliphatic rings. The minimum Gasteiger partial charge on any atom is -0.493 e. The van der Waals surface area contributed by atoms with Gasteiger partial charge in [-0.25, -0.2) is 4.79 Å². The van der Waals surface area contributed by atoms with E-state index < -0.39 is 0 Å². The number of nitrogens with one attached hydrogen (secondary N) is 2. The van der Waals surface area contributed by atoms with Gasteiger partial charge in [-0.1, -0.05) is 30.3 Å². The predicted octanol–water partition coefficient (Wildman–Crippen LogP) is 3.90. The van der Waals surface area contributed by atoms with Crippen LogP contribution in [0.3, 0.4) is 0 Å². The molecular formula is C22H28N2O3. The van der Waals surface area contributed by atoms with Gasteiger partial charge in [-0.15, -0.1) is 0 Å². The number of hydrogen-bond acceptors (Lipinski definition) is 3. The second-order valence-electron chi connectivity index (χ2n) is 6.98. The number of fused-ring (bicyclic) bond motifs is 1. The summed E-state index contributed by atoms with van der Waals surface area (Å²) in [7, 11) is 1.66. The molecule has 144 valence electrons. The fourth-order valence-electron chi connectivity index (χ4n) is 3.18. The van der Waals surface area contributed by atoms with Crippen LogP contribution in [0.2, 0.25) is 0 Å². The fourth-order valence-corrected chi connectivity index (χ4v) is 3.18. The average Bonchev–Trinajstić information content (AvgIpc) is 2.70. The molecule has 5 heteroatoms. The number of methoxy groups -OCH3 is 1. The quantitative estimate of drug-likeness (QED) is 0.779. The number of amides is 2. The van der Waals surface area contributed by atoms with Gasteiger partial charge in [0.1, 0.15) is 5.75 Å². The van der Waals surface area contributed by atoms with Crippen LogP contribution in [0.4, 0.5) is 4.79 Å². The van der Waals surface area contributed by atoms with Crippen LogP contribution in [0.15, 0.2) is 42.5 Å². The highest BCUT2D eigenvalue weighted by Crippen LogP contribution is 2.30. The third-order valence-corrected chi connectivity index (χ3v) is 4.78. The van der Waals surface area contributed by atoms with E-state index in [1.165, 1.54) is 16.7 Å². The van der Waals surface area contributed by atoms with Gasteiger partial charge in [-0.3, -0.25) is 0 Å². The molecule has 0 saturated heterocycles. The van der Waals surface area contributed by atoms with Gasteiger partial charge >= 0.3 is 6.03 Å². The van der Waals surface area contributed by atoms with E-state index in [9.17, 15) is 4.79 Å². The van der Waals surface area contributed by atoms with Gasteiger partial charge in [0.15, 0.2) is 0 Å². The Kier molecular flexibility index (Phi) is 6.71. The second-order valence-corrected chi connectivity index (χ2v) is 6.98. The smallest absolute Gasteiger partial charge is 0.315 e. The molecule has 2 aromatic carbocycles. The Hall–Kier alpha value is -2.53. The number of ether oxygens (including phenoxy) is 2. The Balaban J connectivity index is 1.54. The summed E-state index contributed by atoms with van der Waals surface area (Å²) in [4.78, 5) is 11.9. The molecule has 0 radical (unpaired) electrons. The highest BCUT2D eigenvalue weighted by molar-refractivity contribution is 5.74. The van der Waals surface area contributed by atoms with Gasteiger partial charge in [0.05, 0.1) is 6.61 Å². The summed E-state index contributed by atoms with van der Waals surface area (Å²) < 4.78 is 10.7. The summed E-state index contributed by atoms with van der Waals surface area (Å²) in [5.74, 6) is 1.01. The number of carbonyl (C=O) groups excluding carboxylic acids is 1. The molecule has 0 fully saturated rings. The lowest BCUT2D eigenvalue weighted by Gasteiger charge is -2.18. The molecule has 0 aromatic heterocycles. The maximum Gasteiger partial charge on any atom is 0.315 e.